The van der Waals surface area contributed by atoms with E-state index in [4.69, 9.17) is 9.47 Å². The van der Waals surface area contributed by atoms with Crippen LogP contribution in [0.4, 0.5) is 0 Å². The highest BCUT2D eigenvalue weighted by Crippen LogP contribution is 2.28. The van der Waals surface area contributed by atoms with Crippen LogP contribution in [0.2, 0.25) is 25.7 Å². The Balaban J connectivity index is 2.14. The average molecular weight is 370 g/mol. The standard InChI is InChI=1S/C16H24BrNO2Si/c1-19-11-13-5-6-15(17)14-7-8-18(16(13)14)12-20-9-10-21(2,3)4/h5-8H,9-12H2,1-4H3. The summed E-state index contributed by atoms with van der Waals surface area (Å²) in [5.41, 5.74) is 2.38. The zero-order valence-corrected chi connectivity index (χ0v) is 15.9. The van der Waals surface area contributed by atoms with E-state index in [0.29, 0.717) is 13.3 Å². The summed E-state index contributed by atoms with van der Waals surface area (Å²) in [6.45, 7) is 9.16. The molecule has 5 heteroatoms. The molecule has 0 aliphatic carbocycles. The molecule has 2 rings (SSSR count). The van der Waals surface area contributed by atoms with E-state index >= 15 is 0 Å². The van der Waals surface area contributed by atoms with Gasteiger partial charge in [0.25, 0.3) is 0 Å². The molecule has 0 aliphatic heterocycles. The summed E-state index contributed by atoms with van der Waals surface area (Å²) in [4.78, 5) is 0. The lowest BCUT2D eigenvalue weighted by Crippen LogP contribution is -2.22. The van der Waals surface area contributed by atoms with Crippen LogP contribution in [0.15, 0.2) is 28.9 Å². The summed E-state index contributed by atoms with van der Waals surface area (Å²) >= 11 is 3.61. The number of fused-ring (bicyclic) bond motifs is 1. The number of methoxy groups -OCH3 is 1. The molecule has 0 amide bonds. The zero-order chi connectivity index (χ0) is 15.5. The molecule has 0 fully saturated rings. The Morgan fingerprint density at radius 1 is 1.19 bits per heavy atom. The third-order valence-corrected chi connectivity index (χ3v) is 5.88. The minimum absolute atomic E-state index is 0.598. The van der Waals surface area contributed by atoms with Crippen LogP contribution in [0.25, 0.3) is 10.9 Å². The number of nitrogens with zero attached hydrogens (tertiary/aromatic N) is 1. The molecule has 116 valence electrons. The van der Waals surface area contributed by atoms with E-state index < -0.39 is 8.07 Å². The van der Waals surface area contributed by atoms with Gasteiger partial charge in [0.15, 0.2) is 0 Å². The van der Waals surface area contributed by atoms with Gasteiger partial charge in [0.05, 0.1) is 12.1 Å². The maximum Gasteiger partial charge on any atom is 0.122 e. The van der Waals surface area contributed by atoms with Gasteiger partial charge in [-0.05, 0) is 18.2 Å². The fourth-order valence-electron chi connectivity index (χ4n) is 2.29. The van der Waals surface area contributed by atoms with Gasteiger partial charge in [-0.15, -0.1) is 0 Å². The molecular formula is C16H24BrNO2Si. The lowest BCUT2D eigenvalue weighted by Gasteiger charge is -2.16. The first-order chi connectivity index (χ1) is 9.92. The van der Waals surface area contributed by atoms with Crippen molar-refractivity contribution >= 4 is 34.9 Å². The summed E-state index contributed by atoms with van der Waals surface area (Å²) in [5.74, 6) is 0. The van der Waals surface area contributed by atoms with Gasteiger partial charge in [-0.2, -0.15) is 0 Å². The molecule has 1 aromatic carbocycles. The summed E-state index contributed by atoms with van der Waals surface area (Å²) in [6.07, 6.45) is 2.09. The third kappa shape index (κ3) is 4.42. The Morgan fingerprint density at radius 3 is 2.62 bits per heavy atom. The van der Waals surface area contributed by atoms with E-state index in [1.165, 1.54) is 22.5 Å². The number of benzene rings is 1. The summed E-state index contributed by atoms with van der Waals surface area (Å²) in [6, 6.07) is 7.50. The second kappa shape index (κ2) is 7.09. The molecule has 0 saturated carbocycles. The molecule has 0 radical (unpaired) electrons. The highest BCUT2D eigenvalue weighted by molar-refractivity contribution is 9.10. The number of ether oxygens (including phenoxy) is 2. The normalized spacial score (nSPS) is 12.2. The van der Waals surface area contributed by atoms with E-state index in [2.05, 4.69) is 64.5 Å². The topological polar surface area (TPSA) is 23.4 Å². The number of hydrogen-bond donors (Lipinski definition) is 0. The molecule has 1 heterocycles. The van der Waals surface area contributed by atoms with Gasteiger partial charge in [0.1, 0.15) is 6.73 Å². The van der Waals surface area contributed by atoms with E-state index in [0.717, 1.165) is 11.1 Å². The van der Waals surface area contributed by atoms with Crippen LogP contribution in [0.1, 0.15) is 5.56 Å². The highest BCUT2D eigenvalue weighted by atomic mass is 79.9. The van der Waals surface area contributed by atoms with Gasteiger partial charge in [0, 0.05) is 43.4 Å². The van der Waals surface area contributed by atoms with Gasteiger partial charge < -0.3 is 14.0 Å². The summed E-state index contributed by atoms with van der Waals surface area (Å²) in [5, 5.41) is 1.21. The first-order valence-electron chi connectivity index (χ1n) is 7.25. The van der Waals surface area contributed by atoms with Crippen LogP contribution >= 0.6 is 15.9 Å². The molecule has 0 saturated heterocycles. The molecule has 0 N–H and O–H groups in total. The lowest BCUT2D eigenvalue weighted by molar-refractivity contribution is 0.0899. The van der Waals surface area contributed by atoms with Crippen LogP contribution < -0.4 is 0 Å². The Kier molecular flexibility index (Phi) is 5.65. The Morgan fingerprint density at radius 2 is 1.95 bits per heavy atom. The van der Waals surface area contributed by atoms with Crippen molar-refractivity contribution in [1.82, 2.24) is 4.57 Å². The molecule has 0 bridgehead atoms. The molecule has 3 nitrogen and oxygen atoms in total. The fraction of sp³-hybridized carbons (Fsp3) is 0.500. The molecular weight excluding hydrogens is 346 g/mol. The fourth-order valence-corrected chi connectivity index (χ4v) is 3.49. The van der Waals surface area contributed by atoms with Crippen molar-refractivity contribution in [3.8, 4) is 0 Å². The predicted octanol–water partition coefficient (Wildman–Crippen LogP) is 4.86. The van der Waals surface area contributed by atoms with Gasteiger partial charge in [-0.1, -0.05) is 41.6 Å². The maximum absolute atomic E-state index is 5.88. The van der Waals surface area contributed by atoms with Gasteiger partial charge in [-0.25, -0.2) is 0 Å². The maximum atomic E-state index is 5.88. The van der Waals surface area contributed by atoms with Crippen LogP contribution in [0, 0.1) is 0 Å². The van der Waals surface area contributed by atoms with Crippen LogP contribution in [0.5, 0.6) is 0 Å². The van der Waals surface area contributed by atoms with Crippen molar-refractivity contribution in [2.24, 2.45) is 0 Å². The molecule has 0 spiro atoms. The minimum Gasteiger partial charge on any atom is -0.380 e. The molecule has 21 heavy (non-hydrogen) atoms. The zero-order valence-electron chi connectivity index (χ0n) is 13.3. The molecule has 2 aromatic rings. The van der Waals surface area contributed by atoms with Crippen molar-refractivity contribution < 1.29 is 9.47 Å². The highest BCUT2D eigenvalue weighted by Gasteiger charge is 2.13. The van der Waals surface area contributed by atoms with Gasteiger partial charge in [-0.3, -0.25) is 0 Å². The number of aromatic nitrogens is 1. The average Bonchev–Trinajstić information content (AvgIpc) is 2.82. The van der Waals surface area contributed by atoms with Crippen LogP contribution in [-0.2, 0) is 22.8 Å². The molecule has 0 unspecified atom stereocenters. The first-order valence-corrected chi connectivity index (χ1v) is 11.8. The van der Waals surface area contributed by atoms with Crippen molar-refractivity contribution in [3.05, 3.63) is 34.4 Å². The Labute approximate surface area is 136 Å². The van der Waals surface area contributed by atoms with Crippen LogP contribution in [-0.4, -0.2) is 26.4 Å². The monoisotopic (exact) mass is 369 g/mol. The van der Waals surface area contributed by atoms with E-state index in [-0.39, 0.29) is 0 Å². The van der Waals surface area contributed by atoms with E-state index in [1.807, 2.05) is 0 Å². The van der Waals surface area contributed by atoms with Crippen LogP contribution in [0.3, 0.4) is 0 Å². The summed E-state index contributed by atoms with van der Waals surface area (Å²) in [7, 11) is 0.701. The number of rotatable bonds is 7. The summed E-state index contributed by atoms with van der Waals surface area (Å²) < 4.78 is 14.5. The lowest BCUT2D eigenvalue weighted by atomic mass is 10.1. The number of hydrogen-bond acceptors (Lipinski definition) is 2. The van der Waals surface area contributed by atoms with Gasteiger partial charge in [0.2, 0.25) is 0 Å². The number of halogens is 1. The minimum atomic E-state index is -1.03. The molecule has 0 atom stereocenters. The predicted molar refractivity (Wildman–Crippen MR) is 94.5 cm³/mol. The smallest absolute Gasteiger partial charge is 0.122 e. The van der Waals surface area contributed by atoms with E-state index in [9.17, 15) is 0 Å². The third-order valence-electron chi connectivity index (χ3n) is 3.48. The quantitative estimate of drug-likeness (QED) is 0.513. The van der Waals surface area contributed by atoms with Crippen molar-refractivity contribution in [2.75, 3.05) is 13.7 Å². The second-order valence-electron chi connectivity index (χ2n) is 6.54. The Bertz CT molecular complexity index is 604. The molecule has 0 aliphatic rings. The largest absolute Gasteiger partial charge is 0.380 e. The van der Waals surface area contributed by atoms with Gasteiger partial charge >= 0.3 is 0 Å². The SMILES string of the molecule is COCc1ccc(Br)c2ccn(COCC[Si](C)(C)C)c12. The second-order valence-corrected chi connectivity index (χ2v) is 13.0. The molecule has 1 aromatic heterocycles. The van der Waals surface area contributed by atoms with E-state index in [1.54, 1.807) is 7.11 Å². The van der Waals surface area contributed by atoms with Crippen molar-refractivity contribution in [2.45, 2.75) is 39.0 Å². The Hall–Kier alpha value is -0.623. The first kappa shape index (κ1) is 16.7. The van der Waals surface area contributed by atoms with Crippen molar-refractivity contribution in [3.63, 3.8) is 0 Å². The van der Waals surface area contributed by atoms with Crippen molar-refractivity contribution in [1.29, 1.82) is 0 Å².